The smallest absolute Gasteiger partial charge is 0.342 e. The lowest BCUT2D eigenvalue weighted by atomic mass is 10.2. The number of esters is 1. The van der Waals surface area contributed by atoms with Crippen molar-refractivity contribution in [1.82, 2.24) is 5.32 Å². The van der Waals surface area contributed by atoms with Crippen LogP contribution in [0.5, 0.6) is 17.2 Å². The van der Waals surface area contributed by atoms with Crippen LogP contribution in [-0.2, 0) is 16.1 Å². The quantitative estimate of drug-likeness (QED) is 0.737. The molecule has 1 amide bonds. The number of methoxy groups -OCH3 is 2. The zero-order chi connectivity index (χ0) is 19.1. The number of hydrogen-bond donors (Lipinski definition) is 2. The first-order valence-electron chi connectivity index (χ1n) is 7.93. The van der Waals surface area contributed by atoms with E-state index >= 15 is 0 Å². The minimum Gasteiger partial charge on any atom is -0.507 e. The van der Waals surface area contributed by atoms with E-state index in [0.717, 1.165) is 5.56 Å². The molecule has 2 aromatic rings. The van der Waals surface area contributed by atoms with Gasteiger partial charge in [0.15, 0.2) is 6.10 Å². The van der Waals surface area contributed by atoms with Gasteiger partial charge in [-0.1, -0.05) is 18.2 Å². The largest absolute Gasteiger partial charge is 0.507 e. The number of amides is 1. The van der Waals surface area contributed by atoms with E-state index in [-0.39, 0.29) is 17.9 Å². The van der Waals surface area contributed by atoms with Crippen molar-refractivity contribution in [1.29, 1.82) is 0 Å². The van der Waals surface area contributed by atoms with E-state index in [1.54, 1.807) is 13.2 Å². The Kier molecular flexibility index (Phi) is 6.43. The number of phenolic OH excluding ortho intramolecular Hbond substituents is 1. The van der Waals surface area contributed by atoms with E-state index in [1.807, 2.05) is 18.2 Å². The summed E-state index contributed by atoms with van der Waals surface area (Å²) >= 11 is 0. The summed E-state index contributed by atoms with van der Waals surface area (Å²) in [4.78, 5) is 24.3. The highest BCUT2D eigenvalue weighted by Gasteiger charge is 2.21. The van der Waals surface area contributed by atoms with Crippen molar-refractivity contribution in [3.63, 3.8) is 0 Å². The average Bonchev–Trinajstić information content (AvgIpc) is 2.65. The zero-order valence-corrected chi connectivity index (χ0v) is 14.8. The third kappa shape index (κ3) is 4.66. The molecule has 138 valence electrons. The molecule has 2 rings (SSSR count). The third-order valence-electron chi connectivity index (χ3n) is 3.72. The SMILES string of the molecule is COc1ccc(C(=O)O[C@H](C)C(=O)NCc2ccccc2OC)c(O)c1. The molecule has 2 N–H and O–H groups in total. The first-order chi connectivity index (χ1) is 12.5. The van der Waals surface area contributed by atoms with Crippen LogP contribution in [0.3, 0.4) is 0 Å². The molecule has 0 radical (unpaired) electrons. The van der Waals surface area contributed by atoms with Gasteiger partial charge >= 0.3 is 5.97 Å². The molecule has 0 heterocycles. The zero-order valence-electron chi connectivity index (χ0n) is 14.8. The van der Waals surface area contributed by atoms with Crippen LogP contribution in [-0.4, -0.2) is 37.3 Å². The van der Waals surface area contributed by atoms with Crippen molar-refractivity contribution in [2.24, 2.45) is 0 Å². The predicted octanol–water partition coefficient (Wildman–Crippen LogP) is 2.27. The third-order valence-corrected chi connectivity index (χ3v) is 3.72. The van der Waals surface area contributed by atoms with Crippen molar-refractivity contribution >= 4 is 11.9 Å². The van der Waals surface area contributed by atoms with Crippen LogP contribution in [0.2, 0.25) is 0 Å². The highest BCUT2D eigenvalue weighted by atomic mass is 16.5. The van der Waals surface area contributed by atoms with Crippen LogP contribution in [0, 0.1) is 0 Å². The molecular weight excluding hydrogens is 338 g/mol. The van der Waals surface area contributed by atoms with Crippen LogP contribution in [0.25, 0.3) is 0 Å². The Hall–Kier alpha value is -3.22. The number of nitrogens with one attached hydrogen (secondary N) is 1. The Morgan fingerprint density at radius 2 is 1.85 bits per heavy atom. The number of ether oxygens (including phenoxy) is 3. The molecule has 0 spiro atoms. The number of aromatic hydroxyl groups is 1. The van der Waals surface area contributed by atoms with Crippen LogP contribution in [0.4, 0.5) is 0 Å². The normalized spacial score (nSPS) is 11.3. The standard InChI is InChI=1S/C19H21NO6/c1-12(18(22)20-11-13-6-4-5-7-17(13)25-3)26-19(23)15-9-8-14(24-2)10-16(15)21/h4-10,12,21H,11H2,1-3H3,(H,20,22)/t12-/m1/s1. The van der Waals surface area contributed by atoms with Gasteiger partial charge in [-0.2, -0.15) is 0 Å². The highest BCUT2D eigenvalue weighted by Crippen LogP contribution is 2.24. The number of carbonyl (C=O) groups excluding carboxylic acids is 2. The summed E-state index contributed by atoms with van der Waals surface area (Å²) in [6, 6.07) is 11.5. The number of phenols is 1. The van der Waals surface area contributed by atoms with E-state index in [2.05, 4.69) is 5.32 Å². The van der Waals surface area contributed by atoms with E-state index < -0.39 is 18.0 Å². The number of para-hydroxylation sites is 1. The molecule has 0 aliphatic heterocycles. The van der Waals surface area contributed by atoms with Gasteiger partial charge in [0, 0.05) is 18.2 Å². The molecule has 0 aromatic heterocycles. The van der Waals surface area contributed by atoms with Crippen molar-refractivity contribution < 1.29 is 28.9 Å². The first-order valence-corrected chi connectivity index (χ1v) is 7.93. The summed E-state index contributed by atoms with van der Waals surface area (Å²) in [5.41, 5.74) is 0.754. The molecule has 7 heteroatoms. The van der Waals surface area contributed by atoms with Gasteiger partial charge in [-0.05, 0) is 25.1 Å². The summed E-state index contributed by atoms with van der Waals surface area (Å²) in [6.45, 7) is 1.69. The maximum atomic E-state index is 12.2. The maximum Gasteiger partial charge on any atom is 0.342 e. The molecule has 0 aliphatic carbocycles. The van der Waals surface area contributed by atoms with E-state index in [9.17, 15) is 14.7 Å². The second-order valence-corrected chi connectivity index (χ2v) is 5.46. The van der Waals surface area contributed by atoms with Crippen molar-refractivity contribution in [3.05, 3.63) is 53.6 Å². The van der Waals surface area contributed by atoms with Crippen LogP contribution < -0.4 is 14.8 Å². The molecule has 0 unspecified atom stereocenters. The van der Waals surface area contributed by atoms with E-state index in [1.165, 1.54) is 32.2 Å². The van der Waals surface area contributed by atoms with Crippen molar-refractivity contribution in [2.75, 3.05) is 14.2 Å². The summed E-state index contributed by atoms with van der Waals surface area (Å²) in [7, 11) is 2.99. The van der Waals surface area contributed by atoms with Gasteiger partial charge < -0.3 is 24.6 Å². The lowest BCUT2D eigenvalue weighted by molar-refractivity contribution is -0.129. The minimum absolute atomic E-state index is 0.0461. The minimum atomic E-state index is -1.03. The molecule has 0 saturated carbocycles. The van der Waals surface area contributed by atoms with Gasteiger partial charge in [-0.25, -0.2) is 4.79 Å². The van der Waals surface area contributed by atoms with Gasteiger partial charge in [-0.15, -0.1) is 0 Å². The Balaban J connectivity index is 1.95. The molecule has 26 heavy (non-hydrogen) atoms. The van der Waals surface area contributed by atoms with Crippen molar-refractivity contribution in [3.8, 4) is 17.2 Å². The van der Waals surface area contributed by atoms with Crippen molar-refractivity contribution in [2.45, 2.75) is 19.6 Å². The second kappa shape index (κ2) is 8.75. The summed E-state index contributed by atoms with van der Waals surface area (Å²) in [5.74, 6) is -0.486. The van der Waals surface area contributed by atoms with Gasteiger partial charge in [0.2, 0.25) is 0 Å². The predicted molar refractivity (Wildman–Crippen MR) is 94.4 cm³/mol. The number of benzene rings is 2. The molecule has 1 atom stereocenters. The number of carbonyl (C=O) groups is 2. The lowest BCUT2D eigenvalue weighted by Crippen LogP contribution is -2.35. The first kappa shape index (κ1) is 19.1. The fourth-order valence-electron chi connectivity index (χ4n) is 2.26. The molecule has 7 nitrogen and oxygen atoms in total. The Morgan fingerprint density at radius 3 is 2.50 bits per heavy atom. The molecule has 0 aliphatic rings. The Morgan fingerprint density at radius 1 is 1.12 bits per heavy atom. The molecular formula is C19H21NO6. The molecule has 0 bridgehead atoms. The van der Waals surface area contributed by atoms with Gasteiger partial charge in [-0.3, -0.25) is 4.79 Å². The van der Waals surface area contributed by atoms with E-state index in [0.29, 0.717) is 11.5 Å². The van der Waals surface area contributed by atoms with E-state index in [4.69, 9.17) is 14.2 Å². The molecule has 2 aromatic carbocycles. The summed E-state index contributed by atoms with van der Waals surface area (Å²) < 4.78 is 15.3. The van der Waals surface area contributed by atoms with Gasteiger partial charge in [0.1, 0.15) is 22.8 Å². The number of hydrogen-bond acceptors (Lipinski definition) is 6. The lowest BCUT2D eigenvalue weighted by Gasteiger charge is -2.15. The monoisotopic (exact) mass is 359 g/mol. The fourth-order valence-corrected chi connectivity index (χ4v) is 2.26. The molecule has 0 fully saturated rings. The van der Waals surface area contributed by atoms with Crippen LogP contribution in [0.1, 0.15) is 22.8 Å². The van der Waals surface area contributed by atoms with Crippen LogP contribution >= 0.6 is 0 Å². The van der Waals surface area contributed by atoms with Gasteiger partial charge in [0.05, 0.1) is 14.2 Å². The van der Waals surface area contributed by atoms with Crippen LogP contribution in [0.15, 0.2) is 42.5 Å². The molecule has 0 saturated heterocycles. The number of rotatable bonds is 7. The topological polar surface area (TPSA) is 94.1 Å². The fraction of sp³-hybridized carbons (Fsp3) is 0.263. The summed E-state index contributed by atoms with van der Waals surface area (Å²) in [5, 5.41) is 12.5. The Labute approximate surface area is 151 Å². The average molecular weight is 359 g/mol. The van der Waals surface area contributed by atoms with Gasteiger partial charge in [0.25, 0.3) is 5.91 Å². The Bertz CT molecular complexity index is 789. The maximum absolute atomic E-state index is 12.2. The highest BCUT2D eigenvalue weighted by molar-refractivity contribution is 5.94. The second-order valence-electron chi connectivity index (χ2n) is 5.46. The summed E-state index contributed by atoms with van der Waals surface area (Å²) in [6.07, 6.45) is -1.03.